The standard InChI is InChI=1S/C22H22BNO/c1-4-11-19(12-5-1)22-17-10-18-24(22)23(20-13-6-2-7-14-20)25-21-15-8-3-9-16-21/h1-9,11-16,22H,10,17-18H2. The molecule has 0 radical (unpaired) electrons. The van der Waals surface area contributed by atoms with Crippen LogP contribution >= 0.6 is 0 Å². The molecule has 1 aliphatic rings. The largest absolute Gasteiger partial charge is 0.542 e. The molecule has 3 aromatic rings. The van der Waals surface area contributed by atoms with E-state index in [2.05, 4.69) is 65.5 Å². The molecule has 3 aromatic carbocycles. The zero-order valence-electron chi connectivity index (χ0n) is 14.3. The van der Waals surface area contributed by atoms with Gasteiger partial charge in [0.2, 0.25) is 0 Å². The monoisotopic (exact) mass is 327 g/mol. The first-order valence-electron chi connectivity index (χ1n) is 8.99. The fourth-order valence-corrected chi connectivity index (χ4v) is 3.68. The third kappa shape index (κ3) is 3.62. The lowest BCUT2D eigenvalue weighted by Gasteiger charge is -2.30. The maximum absolute atomic E-state index is 6.46. The highest BCUT2D eigenvalue weighted by Crippen LogP contribution is 2.33. The summed E-state index contributed by atoms with van der Waals surface area (Å²) in [6, 6.07) is 31.9. The predicted octanol–water partition coefficient (Wildman–Crippen LogP) is 4.30. The van der Waals surface area contributed by atoms with Crippen molar-refractivity contribution in [2.24, 2.45) is 0 Å². The van der Waals surface area contributed by atoms with Crippen LogP contribution in [0.15, 0.2) is 91.0 Å². The summed E-state index contributed by atoms with van der Waals surface area (Å²) in [5, 5.41) is 0. The van der Waals surface area contributed by atoms with Crippen LogP contribution in [0.4, 0.5) is 0 Å². The Morgan fingerprint density at radius 3 is 2.04 bits per heavy atom. The average molecular weight is 327 g/mol. The number of para-hydroxylation sites is 1. The smallest absolute Gasteiger partial charge is 0.486 e. The second-order valence-electron chi connectivity index (χ2n) is 6.50. The molecule has 0 aromatic heterocycles. The van der Waals surface area contributed by atoms with Gasteiger partial charge in [0.1, 0.15) is 0 Å². The van der Waals surface area contributed by atoms with Crippen molar-refractivity contribution in [3.05, 3.63) is 96.6 Å². The zero-order valence-corrected chi connectivity index (χ0v) is 14.3. The van der Waals surface area contributed by atoms with Gasteiger partial charge in [-0.1, -0.05) is 78.9 Å². The zero-order chi connectivity index (χ0) is 16.9. The Bertz CT molecular complexity index is 779. The fourth-order valence-electron chi connectivity index (χ4n) is 3.68. The molecule has 0 N–H and O–H groups in total. The van der Waals surface area contributed by atoms with E-state index in [0.717, 1.165) is 12.3 Å². The Hall–Kier alpha value is -2.52. The Kier molecular flexibility index (Phi) is 4.85. The highest BCUT2D eigenvalue weighted by Gasteiger charge is 2.38. The van der Waals surface area contributed by atoms with E-state index in [0.29, 0.717) is 6.04 Å². The van der Waals surface area contributed by atoms with Gasteiger partial charge in [-0.3, -0.25) is 4.81 Å². The van der Waals surface area contributed by atoms with E-state index in [1.807, 2.05) is 30.3 Å². The molecule has 124 valence electrons. The topological polar surface area (TPSA) is 12.5 Å². The van der Waals surface area contributed by atoms with Crippen molar-refractivity contribution >= 4 is 12.5 Å². The quantitative estimate of drug-likeness (QED) is 0.648. The fraction of sp³-hybridized carbons (Fsp3) is 0.182. The molecule has 1 aliphatic heterocycles. The summed E-state index contributed by atoms with van der Waals surface area (Å²) in [6.07, 6.45) is 2.37. The maximum atomic E-state index is 6.46. The third-order valence-electron chi connectivity index (χ3n) is 4.86. The third-order valence-corrected chi connectivity index (χ3v) is 4.86. The molecule has 2 nitrogen and oxygen atoms in total. The van der Waals surface area contributed by atoms with Gasteiger partial charge in [-0.05, 0) is 42.5 Å². The van der Waals surface area contributed by atoms with Crippen LogP contribution in [0.1, 0.15) is 24.4 Å². The van der Waals surface area contributed by atoms with Crippen LogP contribution in [0.3, 0.4) is 0 Å². The summed E-state index contributed by atoms with van der Waals surface area (Å²) in [5.74, 6) is 0.912. The predicted molar refractivity (Wildman–Crippen MR) is 104 cm³/mol. The Labute approximate surface area is 150 Å². The molecule has 25 heavy (non-hydrogen) atoms. The number of rotatable bonds is 5. The lowest BCUT2D eigenvalue weighted by Crippen LogP contribution is -2.52. The first-order valence-corrected chi connectivity index (χ1v) is 8.99. The molecule has 0 bridgehead atoms. The Morgan fingerprint density at radius 1 is 0.760 bits per heavy atom. The van der Waals surface area contributed by atoms with Crippen LogP contribution in [0.5, 0.6) is 5.75 Å². The second kappa shape index (κ2) is 7.58. The number of hydrogen-bond acceptors (Lipinski definition) is 2. The number of nitrogens with zero attached hydrogens (tertiary/aromatic N) is 1. The first kappa shape index (κ1) is 16.0. The molecule has 0 amide bonds. The maximum Gasteiger partial charge on any atom is 0.486 e. The molecule has 1 heterocycles. The SMILES string of the molecule is c1ccc(OB(c2ccccc2)N2CCCC2c2ccccc2)cc1. The van der Waals surface area contributed by atoms with E-state index in [9.17, 15) is 0 Å². The van der Waals surface area contributed by atoms with E-state index < -0.39 is 0 Å². The van der Waals surface area contributed by atoms with Crippen LogP contribution in [-0.4, -0.2) is 18.4 Å². The summed E-state index contributed by atoms with van der Waals surface area (Å²) >= 11 is 0. The molecular formula is C22H22BNO. The van der Waals surface area contributed by atoms with E-state index in [1.165, 1.54) is 23.9 Å². The van der Waals surface area contributed by atoms with Crippen molar-refractivity contribution < 1.29 is 4.65 Å². The highest BCUT2D eigenvalue weighted by molar-refractivity contribution is 6.65. The van der Waals surface area contributed by atoms with Crippen molar-refractivity contribution in [3.8, 4) is 5.75 Å². The lowest BCUT2D eigenvalue weighted by atomic mass is 9.70. The number of benzene rings is 3. The van der Waals surface area contributed by atoms with Gasteiger partial charge in [0.05, 0.1) is 5.75 Å². The molecule has 3 heteroatoms. The van der Waals surface area contributed by atoms with Gasteiger partial charge < -0.3 is 4.65 Å². The summed E-state index contributed by atoms with van der Waals surface area (Å²) in [7, 11) is -0.0729. The van der Waals surface area contributed by atoms with Crippen LogP contribution in [0.25, 0.3) is 0 Å². The van der Waals surface area contributed by atoms with Gasteiger partial charge in [0.15, 0.2) is 0 Å². The van der Waals surface area contributed by atoms with Gasteiger partial charge in [-0.25, -0.2) is 0 Å². The van der Waals surface area contributed by atoms with Gasteiger partial charge in [-0.15, -0.1) is 0 Å². The summed E-state index contributed by atoms with van der Waals surface area (Å²) in [5.41, 5.74) is 2.58. The van der Waals surface area contributed by atoms with E-state index in [-0.39, 0.29) is 7.05 Å². The van der Waals surface area contributed by atoms with Crippen LogP contribution in [-0.2, 0) is 0 Å². The summed E-state index contributed by atoms with van der Waals surface area (Å²) in [4.78, 5) is 2.50. The minimum absolute atomic E-state index is 0.0729. The minimum Gasteiger partial charge on any atom is -0.542 e. The van der Waals surface area contributed by atoms with Crippen LogP contribution < -0.4 is 10.1 Å². The van der Waals surface area contributed by atoms with Gasteiger partial charge >= 0.3 is 7.05 Å². The van der Waals surface area contributed by atoms with Crippen LogP contribution in [0.2, 0.25) is 0 Å². The summed E-state index contributed by atoms with van der Waals surface area (Å²) < 4.78 is 6.46. The van der Waals surface area contributed by atoms with Crippen molar-refractivity contribution in [1.29, 1.82) is 0 Å². The van der Waals surface area contributed by atoms with E-state index in [1.54, 1.807) is 0 Å². The van der Waals surface area contributed by atoms with Crippen LogP contribution in [0, 0.1) is 0 Å². The van der Waals surface area contributed by atoms with E-state index >= 15 is 0 Å². The lowest BCUT2D eigenvalue weighted by molar-refractivity contribution is 0.361. The summed E-state index contributed by atoms with van der Waals surface area (Å²) in [6.45, 7) is 1.05. The molecule has 1 fully saturated rings. The Balaban J connectivity index is 1.67. The van der Waals surface area contributed by atoms with Gasteiger partial charge in [-0.2, -0.15) is 0 Å². The molecule has 1 saturated heterocycles. The number of hydrogen-bond donors (Lipinski definition) is 0. The Morgan fingerprint density at radius 2 is 1.36 bits per heavy atom. The first-order chi connectivity index (χ1) is 12.4. The normalized spacial score (nSPS) is 17.4. The van der Waals surface area contributed by atoms with Crippen molar-refractivity contribution in [1.82, 2.24) is 4.81 Å². The van der Waals surface area contributed by atoms with Gasteiger partial charge in [0.25, 0.3) is 0 Å². The molecule has 0 spiro atoms. The minimum atomic E-state index is -0.0729. The molecule has 0 saturated carbocycles. The second-order valence-corrected chi connectivity index (χ2v) is 6.50. The average Bonchev–Trinajstić information content (AvgIpc) is 3.18. The molecule has 4 rings (SSSR count). The molecule has 1 unspecified atom stereocenters. The van der Waals surface area contributed by atoms with E-state index in [4.69, 9.17) is 4.65 Å². The molecular weight excluding hydrogens is 305 g/mol. The van der Waals surface area contributed by atoms with Crippen molar-refractivity contribution in [2.45, 2.75) is 18.9 Å². The molecule has 0 aliphatic carbocycles. The van der Waals surface area contributed by atoms with Crippen molar-refractivity contribution in [3.63, 3.8) is 0 Å². The molecule has 1 atom stereocenters. The van der Waals surface area contributed by atoms with Crippen molar-refractivity contribution in [2.75, 3.05) is 6.54 Å². The van der Waals surface area contributed by atoms with Gasteiger partial charge in [0, 0.05) is 6.04 Å². The highest BCUT2D eigenvalue weighted by atomic mass is 16.4.